The fourth-order valence-corrected chi connectivity index (χ4v) is 6.77. The van der Waals surface area contributed by atoms with E-state index in [1.807, 2.05) is 0 Å². The fourth-order valence-electron chi connectivity index (χ4n) is 6.77. The highest BCUT2D eigenvalue weighted by atomic mass is 14.4. The number of hydrogen-bond donors (Lipinski definition) is 0. The molecule has 4 fully saturated rings. The Morgan fingerprint density at radius 1 is 0.372 bits per heavy atom. The standard InChI is InChI=1S/C11H22.C9H18.C8H16.C8H18.C7H14/c1-11(2,3)10-8-6-4-5-7-9-10;1-9(2,3)8-6-4-5-7-8;1-8(2,3)7-5-4-6-7;1-6-7(2)8(3,4)5;1-7(2,3)6-4-5-6/h10H,4-9H2,1-3H3;8H,4-7H2,1-3H3;7H,4-6H2,1-3H3;7H,6H2,1-5H3;6H,4-5H2,1-3H3. The molecule has 0 aromatic heterocycles. The van der Waals surface area contributed by atoms with Crippen LogP contribution < -0.4 is 0 Å². The summed E-state index contributed by atoms with van der Waals surface area (Å²) < 4.78 is 0. The number of hydrogen-bond acceptors (Lipinski definition) is 0. The lowest BCUT2D eigenvalue weighted by atomic mass is 9.69. The van der Waals surface area contributed by atoms with E-state index in [2.05, 4.69) is 118 Å². The zero-order valence-corrected chi connectivity index (χ0v) is 33.7. The van der Waals surface area contributed by atoms with E-state index in [0.29, 0.717) is 27.1 Å². The van der Waals surface area contributed by atoms with Crippen LogP contribution in [0.5, 0.6) is 0 Å². The molecule has 0 aromatic rings. The molecule has 0 spiro atoms. The van der Waals surface area contributed by atoms with Crippen LogP contribution in [0.4, 0.5) is 0 Å². The molecule has 0 N–H and O–H groups in total. The van der Waals surface area contributed by atoms with Crippen molar-refractivity contribution in [2.24, 2.45) is 56.7 Å². The highest BCUT2D eigenvalue weighted by Crippen LogP contribution is 2.44. The quantitative estimate of drug-likeness (QED) is 0.261. The summed E-state index contributed by atoms with van der Waals surface area (Å²) in [5, 5.41) is 0. The Hall–Kier alpha value is 0. The summed E-state index contributed by atoms with van der Waals surface area (Å²) in [5.74, 6) is 4.93. The van der Waals surface area contributed by atoms with E-state index < -0.39 is 0 Å². The lowest BCUT2D eigenvalue weighted by Crippen LogP contribution is -2.26. The summed E-state index contributed by atoms with van der Waals surface area (Å²) >= 11 is 0. The van der Waals surface area contributed by atoms with Crippen molar-refractivity contribution in [2.75, 3.05) is 0 Å². The lowest BCUT2D eigenvalue weighted by Gasteiger charge is -2.37. The van der Waals surface area contributed by atoms with Gasteiger partial charge in [0.05, 0.1) is 0 Å². The molecule has 4 aliphatic rings. The topological polar surface area (TPSA) is 0 Å². The third kappa shape index (κ3) is 20.7. The van der Waals surface area contributed by atoms with E-state index in [1.54, 1.807) is 0 Å². The summed E-state index contributed by atoms with van der Waals surface area (Å²) in [7, 11) is 0. The Labute approximate surface area is 276 Å². The second-order valence-electron chi connectivity index (χ2n) is 20.7. The average Bonchev–Trinajstić information content (AvgIpc) is 3.57. The molecule has 43 heavy (non-hydrogen) atoms. The van der Waals surface area contributed by atoms with Gasteiger partial charge in [-0.25, -0.2) is 0 Å². The van der Waals surface area contributed by atoms with Crippen molar-refractivity contribution in [3.63, 3.8) is 0 Å². The average molecular weight is 605 g/mol. The molecule has 0 bridgehead atoms. The van der Waals surface area contributed by atoms with Crippen LogP contribution in [0.3, 0.4) is 0 Å². The SMILES string of the molecule is CC(C)(C)C1CC1.CC(C)(C)C1CCC1.CC(C)(C)C1CCCC1.CC(C)(C)C1CCCCCC1.CCC(C)C(C)(C)C. The highest BCUT2D eigenvalue weighted by molar-refractivity contribution is 4.84. The van der Waals surface area contributed by atoms with Crippen LogP contribution >= 0.6 is 0 Å². The summed E-state index contributed by atoms with van der Waals surface area (Å²) in [4.78, 5) is 0. The molecule has 0 heteroatoms. The predicted octanol–water partition coefficient (Wildman–Crippen LogP) is 15.6. The molecule has 0 aromatic carbocycles. The van der Waals surface area contributed by atoms with Crippen LogP contribution in [0.25, 0.3) is 0 Å². The molecule has 4 rings (SSSR count). The first-order chi connectivity index (χ1) is 19.4. The van der Waals surface area contributed by atoms with Crippen LogP contribution in [0.1, 0.15) is 220 Å². The van der Waals surface area contributed by atoms with Crippen molar-refractivity contribution in [1.82, 2.24) is 0 Å². The van der Waals surface area contributed by atoms with Crippen molar-refractivity contribution in [2.45, 2.75) is 220 Å². The Bertz CT molecular complexity index is 639. The Morgan fingerprint density at radius 3 is 0.721 bits per heavy atom. The molecule has 0 saturated heterocycles. The number of rotatable bonds is 1. The Balaban J connectivity index is 0.000000517. The molecule has 4 aliphatic carbocycles. The monoisotopic (exact) mass is 605 g/mol. The molecule has 0 amide bonds. The Morgan fingerprint density at radius 2 is 0.605 bits per heavy atom. The fraction of sp³-hybridized carbons (Fsp3) is 1.00. The van der Waals surface area contributed by atoms with Gasteiger partial charge in [-0.15, -0.1) is 0 Å². The van der Waals surface area contributed by atoms with Crippen LogP contribution in [0, 0.1) is 56.7 Å². The van der Waals surface area contributed by atoms with Gasteiger partial charge in [-0.2, -0.15) is 0 Å². The summed E-state index contributed by atoms with van der Waals surface area (Å²) in [6.07, 6.45) is 23.4. The van der Waals surface area contributed by atoms with Gasteiger partial charge < -0.3 is 0 Å². The Kier molecular flexibility index (Phi) is 19.0. The van der Waals surface area contributed by atoms with Crippen molar-refractivity contribution in [3.8, 4) is 0 Å². The van der Waals surface area contributed by atoms with Crippen molar-refractivity contribution >= 4 is 0 Å². The summed E-state index contributed by atoms with van der Waals surface area (Å²) in [5.41, 5.74) is 2.86. The van der Waals surface area contributed by atoms with Gasteiger partial charge in [0, 0.05) is 0 Å². The molecular weight excluding hydrogens is 516 g/mol. The molecule has 0 aliphatic heterocycles. The smallest absolute Gasteiger partial charge is 0.0354 e. The lowest BCUT2D eigenvalue weighted by molar-refractivity contribution is 0.141. The van der Waals surface area contributed by atoms with E-state index in [9.17, 15) is 0 Å². The van der Waals surface area contributed by atoms with Gasteiger partial charge in [0.15, 0.2) is 0 Å². The molecule has 0 heterocycles. The maximum Gasteiger partial charge on any atom is -0.0354 e. The van der Waals surface area contributed by atoms with Gasteiger partial charge in [-0.1, -0.05) is 169 Å². The van der Waals surface area contributed by atoms with Gasteiger partial charge in [0.2, 0.25) is 0 Å². The molecule has 0 nitrogen and oxygen atoms in total. The largest absolute Gasteiger partial charge is 0.0651 e. The van der Waals surface area contributed by atoms with Gasteiger partial charge in [0.1, 0.15) is 0 Å². The predicted molar refractivity (Wildman–Crippen MR) is 200 cm³/mol. The first kappa shape index (κ1) is 43.0. The first-order valence-corrected chi connectivity index (χ1v) is 19.4. The molecule has 1 unspecified atom stereocenters. The van der Waals surface area contributed by atoms with Gasteiger partial charge in [0.25, 0.3) is 0 Å². The minimum absolute atomic E-state index is 0.509. The van der Waals surface area contributed by atoms with Crippen LogP contribution in [-0.2, 0) is 0 Å². The van der Waals surface area contributed by atoms with Gasteiger partial charge >= 0.3 is 0 Å². The van der Waals surface area contributed by atoms with E-state index in [0.717, 1.165) is 29.6 Å². The van der Waals surface area contributed by atoms with E-state index >= 15 is 0 Å². The molecule has 0 radical (unpaired) electrons. The zero-order valence-electron chi connectivity index (χ0n) is 33.7. The zero-order chi connectivity index (χ0) is 33.7. The maximum atomic E-state index is 2.39. The van der Waals surface area contributed by atoms with Crippen molar-refractivity contribution in [3.05, 3.63) is 0 Å². The van der Waals surface area contributed by atoms with E-state index in [-0.39, 0.29) is 0 Å². The van der Waals surface area contributed by atoms with Crippen LogP contribution in [-0.4, -0.2) is 0 Å². The third-order valence-corrected chi connectivity index (χ3v) is 11.9. The molecule has 4 saturated carbocycles. The van der Waals surface area contributed by atoms with Crippen LogP contribution in [0.2, 0.25) is 0 Å². The second-order valence-corrected chi connectivity index (χ2v) is 20.7. The second kappa shape index (κ2) is 19.0. The molecule has 260 valence electrons. The minimum atomic E-state index is 0.509. The molecular formula is C43H88. The first-order valence-electron chi connectivity index (χ1n) is 19.4. The summed E-state index contributed by atoms with van der Waals surface area (Å²) in [6.45, 7) is 39.7. The van der Waals surface area contributed by atoms with Crippen molar-refractivity contribution in [1.29, 1.82) is 0 Å². The molecule has 1 atom stereocenters. The van der Waals surface area contributed by atoms with Gasteiger partial charge in [-0.05, 0) is 108 Å². The van der Waals surface area contributed by atoms with Gasteiger partial charge in [-0.3, -0.25) is 0 Å². The third-order valence-electron chi connectivity index (χ3n) is 11.9. The summed E-state index contributed by atoms with van der Waals surface area (Å²) in [6, 6.07) is 0. The highest BCUT2D eigenvalue weighted by Gasteiger charge is 2.33. The van der Waals surface area contributed by atoms with Crippen LogP contribution in [0.15, 0.2) is 0 Å². The van der Waals surface area contributed by atoms with E-state index in [1.165, 1.54) is 103 Å². The maximum absolute atomic E-state index is 2.39. The minimum Gasteiger partial charge on any atom is -0.0651 e. The normalized spacial score (nSPS) is 21.7. The van der Waals surface area contributed by atoms with Crippen molar-refractivity contribution < 1.29 is 0 Å². The van der Waals surface area contributed by atoms with E-state index in [4.69, 9.17) is 0 Å².